The molecule has 0 radical (unpaired) electrons. The van der Waals surface area contributed by atoms with Gasteiger partial charge >= 0.3 is 5.97 Å². The Morgan fingerprint density at radius 2 is 1.50 bits per heavy atom. The molecular weight excluding hydrogens is 643 g/mol. The van der Waals surface area contributed by atoms with E-state index in [0.29, 0.717) is 43.0 Å². The van der Waals surface area contributed by atoms with Gasteiger partial charge < -0.3 is 24.1 Å². The van der Waals surface area contributed by atoms with E-state index in [1.165, 1.54) is 7.11 Å². The van der Waals surface area contributed by atoms with Crippen LogP contribution in [0.2, 0.25) is 25.7 Å². The Morgan fingerprint density at radius 1 is 0.840 bits per heavy atom. The van der Waals surface area contributed by atoms with Crippen molar-refractivity contribution in [3.05, 3.63) is 137 Å². The van der Waals surface area contributed by atoms with Crippen LogP contribution in [-0.4, -0.2) is 55.7 Å². The Labute approximate surface area is 296 Å². The summed E-state index contributed by atoms with van der Waals surface area (Å²) in [5, 5.41) is 3.27. The minimum Gasteiger partial charge on any atom is -0.493 e. The maximum Gasteiger partial charge on any atom is 0.328 e. The second-order valence-corrected chi connectivity index (χ2v) is 19.1. The van der Waals surface area contributed by atoms with E-state index in [1.54, 1.807) is 24.3 Å². The number of aromatic nitrogens is 2. The number of carbonyl (C=O) groups excluding carboxylic acids is 2. The Kier molecular flexibility index (Phi) is 12.4. The number of ketones is 1. The van der Waals surface area contributed by atoms with Crippen LogP contribution in [0.5, 0.6) is 5.75 Å². The van der Waals surface area contributed by atoms with E-state index in [2.05, 4.69) is 41.7 Å². The number of hydrogen-bond donors (Lipinski definition) is 1. The van der Waals surface area contributed by atoms with Gasteiger partial charge in [-0.2, -0.15) is 0 Å². The summed E-state index contributed by atoms with van der Waals surface area (Å²) in [5.41, 5.74) is 5.66. The van der Waals surface area contributed by atoms with Crippen LogP contribution >= 0.6 is 0 Å². The molecule has 5 rings (SSSR count). The molecule has 5 aromatic rings. The lowest BCUT2D eigenvalue weighted by atomic mass is 10.00. The molecule has 260 valence electrons. The molecule has 1 aromatic heterocycles. The van der Waals surface area contributed by atoms with Crippen molar-refractivity contribution in [3.63, 3.8) is 0 Å². The molecule has 0 aliphatic heterocycles. The summed E-state index contributed by atoms with van der Waals surface area (Å²) >= 11 is 0. The molecule has 0 fully saturated rings. The molecule has 0 aliphatic carbocycles. The van der Waals surface area contributed by atoms with Crippen molar-refractivity contribution in [2.45, 2.75) is 58.2 Å². The lowest BCUT2D eigenvalue weighted by Crippen LogP contribution is -2.33. The first-order valence-corrected chi connectivity index (χ1v) is 20.8. The van der Waals surface area contributed by atoms with Crippen LogP contribution in [0, 0.1) is 6.92 Å². The first-order valence-electron chi connectivity index (χ1n) is 17.1. The fraction of sp³-hybridized carbons (Fsp3) is 0.293. The lowest BCUT2D eigenvalue weighted by molar-refractivity contribution is -0.141. The molecule has 1 atom stereocenters. The minimum atomic E-state index is -1.21. The van der Waals surface area contributed by atoms with E-state index in [-0.39, 0.29) is 5.78 Å². The molecule has 0 saturated carbocycles. The molecule has 4 aromatic carbocycles. The normalized spacial score (nSPS) is 11.9. The summed E-state index contributed by atoms with van der Waals surface area (Å²) in [6.45, 7) is 10.7. The maximum absolute atomic E-state index is 13.3. The summed E-state index contributed by atoms with van der Waals surface area (Å²) in [5.74, 6) is 1.09. The molecule has 0 aliphatic rings. The molecule has 1 heterocycles. The van der Waals surface area contributed by atoms with Gasteiger partial charge in [0.15, 0.2) is 5.78 Å². The van der Waals surface area contributed by atoms with Crippen LogP contribution in [0.15, 0.2) is 109 Å². The number of rotatable bonds is 17. The Morgan fingerprint density at radius 3 is 2.18 bits per heavy atom. The third kappa shape index (κ3) is 9.80. The van der Waals surface area contributed by atoms with Gasteiger partial charge in [0.2, 0.25) is 0 Å². The predicted octanol–water partition coefficient (Wildman–Crippen LogP) is 8.22. The largest absolute Gasteiger partial charge is 0.493 e. The van der Waals surface area contributed by atoms with Crippen molar-refractivity contribution in [2.75, 3.05) is 25.6 Å². The van der Waals surface area contributed by atoms with E-state index in [4.69, 9.17) is 19.2 Å². The number of esters is 1. The molecule has 50 heavy (non-hydrogen) atoms. The Balaban J connectivity index is 1.24. The van der Waals surface area contributed by atoms with Crippen LogP contribution in [-0.2, 0) is 33.8 Å². The second-order valence-electron chi connectivity index (χ2n) is 13.5. The van der Waals surface area contributed by atoms with Crippen LogP contribution in [0.4, 0.5) is 5.69 Å². The molecule has 0 unspecified atom stereocenters. The van der Waals surface area contributed by atoms with Crippen LogP contribution in [0.25, 0.3) is 11.4 Å². The van der Waals surface area contributed by atoms with Crippen molar-refractivity contribution in [1.29, 1.82) is 0 Å². The number of carbonyl (C=O) groups is 2. The van der Waals surface area contributed by atoms with Crippen molar-refractivity contribution >= 4 is 25.5 Å². The van der Waals surface area contributed by atoms with Crippen LogP contribution in [0.1, 0.15) is 32.9 Å². The highest BCUT2D eigenvalue weighted by Crippen LogP contribution is 2.25. The molecular formula is C41H47N3O5Si. The summed E-state index contributed by atoms with van der Waals surface area (Å²) in [6.07, 6.45) is 1.03. The number of hydrogen-bond acceptors (Lipinski definition) is 7. The highest BCUT2D eigenvalue weighted by Gasteiger charge is 2.23. The average Bonchev–Trinajstić information content (AvgIpc) is 3.44. The van der Waals surface area contributed by atoms with Gasteiger partial charge in [0.25, 0.3) is 0 Å². The van der Waals surface area contributed by atoms with Gasteiger partial charge in [-0.1, -0.05) is 105 Å². The number of para-hydroxylation sites is 1. The van der Waals surface area contributed by atoms with E-state index >= 15 is 0 Å². The Hall–Kier alpha value is -4.99. The van der Waals surface area contributed by atoms with Gasteiger partial charge in [-0.3, -0.25) is 4.79 Å². The zero-order chi connectivity index (χ0) is 35.5. The number of nitrogens with zero attached hydrogens (tertiary/aromatic N) is 2. The second kappa shape index (κ2) is 17.1. The number of nitrogens with one attached hydrogen (secondary N) is 1. The van der Waals surface area contributed by atoms with Crippen molar-refractivity contribution in [3.8, 4) is 17.1 Å². The predicted molar refractivity (Wildman–Crippen MR) is 202 cm³/mol. The smallest absolute Gasteiger partial charge is 0.328 e. The van der Waals surface area contributed by atoms with Crippen LogP contribution < -0.4 is 10.1 Å². The van der Waals surface area contributed by atoms with E-state index in [9.17, 15) is 9.59 Å². The van der Waals surface area contributed by atoms with Crippen molar-refractivity contribution in [2.24, 2.45) is 0 Å². The number of aryl methyl sites for hydroxylation is 1. The topological polar surface area (TPSA) is 91.7 Å². The third-order valence-corrected chi connectivity index (χ3v) is 10.2. The molecule has 1 N–H and O–H groups in total. The summed E-state index contributed by atoms with van der Waals surface area (Å²) < 4.78 is 19.7. The number of methoxy groups -OCH3 is 1. The van der Waals surface area contributed by atoms with Gasteiger partial charge in [-0.25, -0.2) is 9.78 Å². The van der Waals surface area contributed by atoms with E-state index < -0.39 is 20.1 Å². The van der Waals surface area contributed by atoms with Gasteiger partial charge in [0, 0.05) is 55.6 Å². The summed E-state index contributed by atoms with van der Waals surface area (Å²) in [7, 11) is 0.160. The lowest BCUT2D eigenvalue weighted by Gasteiger charge is -2.20. The average molecular weight is 690 g/mol. The van der Waals surface area contributed by atoms with Crippen molar-refractivity contribution < 1.29 is 23.8 Å². The fourth-order valence-corrected chi connectivity index (χ4v) is 6.46. The number of imidazole rings is 1. The first kappa shape index (κ1) is 36.3. The highest BCUT2D eigenvalue weighted by molar-refractivity contribution is 6.76. The molecule has 0 amide bonds. The zero-order valence-electron chi connectivity index (χ0n) is 29.6. The molecule has 8 nitrogen and oxygen atoms in total. The number of anilines is 1. The quantitative estimate of drug-likeness (QED) is 0.0455. The van der Waals surface area contributed by atoms with Gasteiger partial charge in [-0.05, 0) is 42.8 Å². The minimum absolute atomic E-state index is 0.122. The zero-order valence-corrected chi connectivity index (χ0v) is 30.6. The SMILES string of the molecule is COC(=O)[C@H](Cc1ccc(OCCc2c(C)nc(-c3ccccc3)n2COCC[Si](C)(C)C)cc1)Nc1ccccc1C(=O)c1ccccc1. The molecule has 9 heteroatoms. The maximum atomic E-state index is 13.3. The monoisotopic (exact) mass is 689 g/mol. The van der Waals surface area contributed by atoms with E-state index in [1.807, 2.05) is 79.7 Å². The summed E-state index contributed by atoms with van der Waals surface area (Å²) in [4.78, 5) is 31.1. The van der Waals surface area contributed by atoms with E-state index in [0.717, 1.165) is 46.7 Å². The number of ether oxygens (including phenoxy) is 3. The van der Waals surface area contributed by atoms with Gasteiger partial charge in [0.05, 0.1) is 19.4 Å². The van der Waals surface area contributed by atoms with Crippen LogP contribution in [0.3, 0.4) is 0 Å². The molecule has 0 bridgehead atoms. The van der Waals surface area contributed by atoms with Gasteiger partial charge in [0.1, 0.15) is 24.3 Å². The molecule has 0 spiro atoms. The first-order chi connectivity index (χ1) is 24.1. The standard InChI is InChI=1S/C41H47N3O5Si/c1-30-38(44(29-48-26-27-50(3,4)5)40(42-30)33-16-10-7-11-17-33)24-25-49-34-22-20-31(21-23-34)28-37(41(46)47-2)43-36-19-13-12-18-35(36)39(45)32-14-8-6-9-15-32/h6-23,37,43H,24-29H2,1-5H3/t37-/m0/s1. The number of benzene rings is 4. The summed E-state index contributed by atoms with van der Waals surface area (Å²) in [6, 6.07) is 34.6. The van der Waals surface area contributed by atoms with Crippen molar-refractivity contribution in [1.82, 2.24) is 9.55 Å². The molecule has 0 saturated heterocycles. The fourth-order valence-electron chi connectivity index (χ4n) is 5.70. The highest BCUT2D eigenvalue weighted by atomic mass is 28.3. The van der Waals surface area contributed by atoms with Gasteiger partial charge in [-0.15, -0.1) is 0 Å². The Bertz CT molecular complexity index is 1850. The third-order valence-electron chi connectivity index (χ3n) is 8.52.